The van der Waals surface area contributed by atoms with E-state index in [4.69, 9.17) is 0 Å². The number of aryl methyl sites for hydroxylation is 1. The summed E-state index contributed by atoms with van der Waals surface area (Å²) in [5.41, 5.74) is 2.04. The maximum atomic E-state index is 11.4. The van der Waals surface area contributed by atoms with Crippen molar-refractivity contribution in [1.29, 1.82) is 0 Å². The first-order chi connectivity index (χ1) is 20.5. The Hall–Kier alpha value is -2.89. The van der Waals surface area contributed by atoms with Gasteiger partial charge in [-0.25, -0.2) is 0 Å². The van der Waals surface area contributed by atoms with Crippen LogP contribution in [0.3, 0.4) is 0 Å². The minimum absolute atomic E-state index is 0.0901. The number of hydrogen-bond acceptors (Lipinski definition) is 6. The number of phenolic OH excluding ortho intramolecular Hbond substituents is 3. The third-order valence-corrected chi connectivity index (χ3v) is 8.24. The molecule has 0 aromatic heterocycles. The van der Waals surface area contributed by atoms with Crippen LogP contribution in [0.25, 0.3) is 0 Å². The van der Waals surface area contributed by atoms with E-state index in [2.05, 4.69) is 24.1 Å². The van der Waals surface area contributed by atoms with Gasteiger partial charge in [-0.05, 0) is 42.9 Å². The standard InChI is InChI=1S/C36H56N2O4/c1-3-5-7-9-11-12-13-15-16-18-20-29-22-24-31(25-23-29)37-38-35-33(41)28-32(40)34(36(35)42)30(26-27-39)21-19-17-14-10-8-6-4-2/h22-25,27-28,30,40-42H,3-21,26H2,1-2H3. The van der Waals surface area contributed by atoms with Crippen LogP contribution in [-0.4, -0.2) is 21.6 Å². The van der Waals surface area contributed by atoms with E-state index >= 15 is 0 Å². The fourth-order valence-electron chi connectivity index (χ4n) is 5.64. The predicted molar refractivity (Wildman–Crippen MR) is 174 cm³/mol. The molecule has 0 fully saturated rings. The van der Waals surface area contributed by atoms with Gasteiger partial charge in [-0.2, -0.15) is 5.11 Å². The molecule has 6 nitrogen and oxygen atoms in total. The number of benzene rings is 2. The van der Waals surface area contributed by atoms with Crippen molar-refractivity contribution in [1.82, 2.24) is 0 Å². The largest absolute Gasteiger partial charge is 0.507 e. The number of unbranched alkanes of at least 4 members (excludes halogenated alkanes) is 15. The molecule has 1 unspecified atom stereocenters. The molecule has 0 heterocycles. The van der Waals surface area contributed by atoms with Gasteiger partial charge in [0.1, 0.15) is 12.0 Å². The molecule has 2 aromatic carbocycles. The van der Waals surface area contributed by atoms with Gasteiger partial charge in [-0.1, -0.05) is 129 Å². The monoisotopic (exact) mass is 580 g/mol. The minimum Gasteiger partial charge on any atom is -0.507 e. The van der Waals surface area contributed by atoms with Crippen molar-refractivity contribution < 1.29 is 20.1 Å². The predicted octanol–water partition coefficient (Wildman–Crippen LogP) is 11.5. The van der Waals surface area contributed by atoms with Gasteiger partial charge >= 0.3 is 0 Å². The summed E-state index contributed by atoms with van der Waals surface area (Å²) in [6.45, 7) is 4.46. The summed E-state index contributed by atoms with van der Waals surface area (Å²) in [5, 5.41) is 40.4. The normalized spacial score (nSPS) is 12.2. The van der Waals surface area contributed by atoms with Gasteiger partial charge < -0.3 is 20.1 Å². The molecule has 0 aliphatic rings. The molecule has 0 bridgehead atoms. The molecule has 0 aliphatic heterocycles. The highest BCUT2D eigenvalue weighted by Gasteiger charge is 2.24. The molecule has 3 N–H and O–H groups in total. The summed E-state index contributed by atoms with van der Waals surface area (Å²) in [6, 6.07) is 9.06. The van der Waals surface area contributed by atoms with E-state index in [9.17, 15) is 20.1 Å². The summed E-state index contributed by atoms with van der Waals surface area (Å²) in [5.74, 6) is -1.24. The second-order valence-corrected chi connectivity index (χ2v) is 11.8. The highest BCUT2D eigenvalue weighted by atomic mass is 16.3. The van der Waals surface area contributed by atoms with E-state index in [0.29, 0.717) is 12.1 Å². The summed E-state index contributed by atoms with van der Waals surface area (Å²) in [4.78, 5) is 11.4. The molecular weight excluding hydrogens is 524 g/mol. The second-order valence-electron chi connectivity index (χ2n) is 11.8. The lowest BCUT2D eigenvalue weighted by molar-refractivity contribution is -0.108. The molecule has 234 valence electrons. The fraction of sp³-hybridized carbons (Fsp3) is 0.639. The topological polar surface area (TPSA) is 102 Å². The Morgan fingerprint density at radius 1 is 0.667 bits per heavy atom. The third kappa shape index (κ3) is 13.4. The average Bonchev–Trinajstić information content (AvgIpc) is 2.98. The van der Waals surface area contributed by atoms with Crippen LogP contribution < -0.4 is 0 Å². The Kier molecular flexibility index (Phi) is 18.3. The highest BCUT2D eigenvalue weighted by Crippen LogP contribution is 2.48. The van der Waals surface area contributed by atoms with Gasteiger partial charge in [-0.3, -0.25) is 0 Å². The van der Waals surface area contributed by atoms with E-state index < -0.39 is 0 Å². The summed E-state index contributed by atoms with van der Waals surface area (Å²) in [7, 11) is 0. The SMILES string of the molecule is CCCCCCCCCCCCc1ccc(N=Nc2c(O)cc(O)c(C(CC=O)CCCCCCCCC)c2O)cc1. The van der Waals surface area contributed by atoms with Crippen LogP contribution in [-0.2, 0) is 11.2 Å². The third-order valence-electron chi connectivity index (χ3n) is 8.24. The molecule has 0 spiro atoms. The van der Waals surface area contributed by atoms with Crippen molar-refractivity contribution in [3.05, 3.63) is 41.5 Å². The van der Waals surface area contributed by atoms with Crippen molar-refractivity contribution in [2.75, 3.05) is 0 Å². The zero-order valence-corrected chi connectivity index (χ0v) is 26.3. The van der Waals surface area contributed by atoms with Crippen molar-refractivity contribution >= 4 is 17.7 Å². The second kappa shape index (κ2) is 21.8. The molecule has 0 amide bonds. The molecule has 0 saturated carbocycles. The lowest BCUT2D eigenvalue weighted by atomic mass is 9.88. The first-order valence-corrected chi connectivity index (χ1v) is 16.7. The van der Waals surface area contributed by atoms with Crippen LogP contribution in [0.2, 0.25) is 0 Å². The smallest absolute Gasteiger partial charge is 0.169 e. The van der Waals surface area contributed by atoms with E-state index in [0.717, 1.165) is 32.0 Å². The molecule has 1 atom stereocenters. The number of hydrogen-bond donors (Lipinski definition) is 3. The Morgan fingerprint density at radius 2 is 1.19 bits per heavy atom. The number of phenols is 3. The van der Waals surface area contributed by atoms with Crippen LogP contribution in [0.4, 0.5) is 11.4 Å². The molecule has 2 rings (SSSR count). The number of azo groups is 1. The van der Waals surface area contributed by atoms with Crippen LogP contribution in [0.1, 0.15) is 153 Å². The Morgan fingerprint density at radius 3 is 1.74 bits per heavy atom. The van der Waals surface area contributed by atoms with Gasteiger partial charge in [-0.15, -0.1) is 5.11 Å². The zero-order valence-electron chi connectivity index (χ0n) is 26.3. The van der Waals surface area contributed by atoms with Crippen molar-refractivity contribution in [3.63, 3.8) is 0 Å². The quantitative estimate of drug-likeness (QED) is 0.0652. The van der Waals surface area contributed by atoms with E-state index in [-0.39, 0.29) is 40.8 Å². The number of aromatic hydroxyl groups is 3. The van der Waals surface area contributed by atoms with Gasteiger partial charge in [0.25, 0.3) is 0 Å². The number of carbonyl (C=O) groups excluding carboxylic acids is 1. The molecule has 0 aliphatic carbocycles. The highest BCUT2D eigenvalue weighted by molar-refractivity contribution is 5.69. The first-order valence-electron chi connectivity index (χ1n) is 16.7. The number of carbonyl (C=O) groups is 1. The summed E-state index contributed by atoms with van der Waals surface area (Å²) >= 11 is 0. The fourth-order valence-corrected chi connectivity index (χ4v) is 5.64. The van der Waals surface area contributed by atoms with Crippen molar-refractivity contribution in [2.24, 2.45) is 10.2 Å². The maximum Gasteiger partial charge on any atom is 0.169 e. The molecular formula is C36H56N2O4. The van der Waals surface area contributed by atoms with Crippen LogP contribution in [0, 0.1) is 0 Å². The molecule has 0 radical (unpaired) electrons. The van der Waals surface area contributed by atoms with E-state index in [1.165, 1.54) is 102 Å². The lowest BCUT2D eigenvalue weighted by Gasteiger charge is -2.19. The first kappa shape index (κ1) is 35.3. The van der Waals surface area contributed by atoms with E-state index in [1.54, 1.807) is 0 Å². The Balaban J connectivity index is 1.90. The van der Waals surface area contributed by atoms with Gasteiger partial charge in [0.2, 0.25) is 0 Å². The Bertz CT molecular complexity index is 1040. The van der Waals surface area contributed by atoms with Gasteiger partial charge in [0.15, 0.2) is 17.2 Å². The summed E-state index contributed by atoms with van der Waals surface area (Å²) in [6.07, 6.45) is 23.9. The van der Waals surface area contributed by atoms with Gasteiger partial charge in [0.05, 0.1) is 5.69 Å². The minimum atomic E-state index is -0.351. The van der Waals surface area contributed by atoms with E-state index in [1.807, 2.05) is 24.3 Å². The molecule has 42 heavy (non-hydrogen) atoms. The molecule has 2 aromatic rings. The van der Waals surface area contributed by atoms with Crippen LogP contribution in [0.15, 0.2) is 40.6 Å². The average molecular weight is 581 g/mol. The Labute approximate surface area is 254 Å². The lowest BCUT2D eigenvalue weighted by Crippen LogP contribution is -2.02. The molecule has 6 heteroatoms. The maximum absolute atomic E-state index is 11.4. The summed E-state index contributed by atoms with van der Waals surface area (Å²) < 4.78 is 0. The number of aldehydes is 1. The van der Waals surface area contributed by atoms with Crippen LogP contribution >= 0.6 is 0 Å². The van der Waals surface area contributed by atoms with Crippen LogP contribution in [0.5, 0.6) is 17.2 Å². The van der Waals surface area contributed by atoms with Crippen molar-refractivity contribution in [3.8, 4) is 17.2 Å². The van der Waals surface area contributed by atoms with Crippen molar-refractivity contribution in [2.45, 2.75) is 148 Å². The number of rotatable bonds is 24. The number of nitrogens with zero attached hydrogens (tertiary/aromatic N) is 2. The van der Waals surface area contributed by atoms with Gasteiger partial charge in [0, 0.05) is 18.1 Å². The zero-order chi connectivity index (χ0) is 30.4. The molecule has 0 saturated heterocycles.